The van der Waals surface area contributed by atoms with Crippen LogP contribution in [0.1, 0.15) is 56.0 Å². The minimum atomic E-state index is -0.418. The molecule has 2 rings (SSSR count). The van der Waals surface area contributed by atoms with Crippen molar-refractivity contribution in [2.45, 2.75) is 59.2 Å². The zero-order chi connectivity index (χ0) is 13.7. The first-order valence-corrected chi connectivity index (χ1v) is 6.44. The van der Waals surface area contributed by atoms with Crippen molar-refractivity contribution in [1.82, 2.24) is 0 Å². The van der Waals surface area contributed by atoms with Crippen LogP contribution in [0.25, 0.3) is 0 Å². The average molecular weight is 250 g/mol. The number of Topliss-reactive ketones (excluding diaryl/α,β-unsaturated/α-hetero) is 1. The van der Waals surface area contributed by atoms with E-state index in [0.717, 1.165) is 12.2 Å². The van der Waals surface area contributed by atoms with Crippen molar-refractivity contribution in [2.24, 2.45) is 5.92 Å². The minimum absolute atomic E-state index is 0.108. The molecule has 1 unspecified atom stereocenters. The lowest BCUT2D eigenvalue weighted by Gasteiger charge is -2.26. The van der Waals surface area contributed by atoms with Crippen LogP contribution < -0.4 is 0 Å². The molecule has 3 nitrogen and oxygen atoms in total. The molecule has 2 heterocycles. The fraction of sp³-hybridized carbons (Fsp3) is 0.667. The Bertz CT molecular complexity index is 480. The highest BCUT2D eigenvalue weighted by molar-refractivity contribution is 5.99. The molecule has 0 saturated carbocycles. The van der Waals surface area contributed by atoms with Gasteiger partial charge in [-0.15, -0.1) is 0 Å². The minimum Gasteiger partial charge on any atom is -0.466 e. The summed E-state index contributed by atoms with van der Waals surface area (Å²) in [6.07, 6.45) is 0.752. The Kier molecular flexibility index (Phi) is 2.93. The number of furan rings is 1. The van der Waals surface area contributed by atoms with Crippen molar-refractivity contribution >= 4 is 5.78 Å². The molecule has 1 aliphatic rings. The third-order valence-corrected chi connectivity index (χ3v) is 3.70. The van der Waals surface area contributed by atoms with Crippen LogP contribution in [0.4, 0.5) is 0 Å². The van der Waals surface area contributed by atoms with E-state index in [2.05, 4.69) is 0 Å². The van der Waals surface area contributed by atoms with Gasteiger partial charge in [-0.2, -0.15) is 0 Å². The van der Waals surface area contributed by atoms with Gasteiger partial charge in [0.05, 0.1) is 22.7 Å². The van der Waals surface area contributed by atoms with Crippen molar-refractivity contribution in [2.75, 3.05) is 0 Å². The molecule has 1 aliphatic heterocycles. The lowest BCUT2D eigenvalue weighted by atomic mass is 9.82. The van der Waals surface area contributed by atoms with Gasteiger partial charge in [0, 0.05) is 0 Å². The lowest BCUT2D eigenvalue weighted by Crippen LogP contribution is -2.33. The third kappa shape index (κ3) is 2.24. The zero-order valence-corrected chi connectivity index (χ0v) is 12.1. The average Bonchev–Trinajstić information content (AvgIpc) is 2.61. The van der Waals surface area contributed by atoms with Crippen molar-refractivity contribution < 1.29 is 13.9 Å². The molecule has 0 aromatic carbocycles. The molecular formula is C15H22O3. The number of carbonyl (C=O) groups is 1. The summed E-state index contributed by atoms with van der Waals surface area (Å²) in [5, 5.41) is 0. The third-order valence-electron chi connectivity index (χ3n) is 3.70. The fourth-order valence-electron chi connectivity index (χ4n) is 3.03. The normalized spacial score (nSPS) is 25.3. The maximum atomic E-state index is 12.6. The molecule has 1 aromatic rings. The van der Waals surface area contributed by atoms with Crippen molar-refractivity contribution in [1.29, 1.82) is 0 Å². The summed E-state index contributed by atoms with van der Waals surface area (Å²) >= 11 is 0. The molecule has 0 amide bonds. The largest absolute Gasteiger partial charge is 0.466 e. The predicted molar refractivity (Wildman–Crippen MR) is 69.9 cm³/mol. The van der Waals surface area contributed by atoms with Crippen LogP contribution in [0.15, 0.2) is 10.5 Å². The number of carbonyl (C=O) groups excluding carboxylic acids is 1. The fourth-order valence-corrected chi connectivity index (χ4v) is 3.03. The Labute approximate surface area is 109 Å². The summed E-state index contributed by atoms with van der Waals surface area (Å²) in [7, 11) is 0. The zero-order valence-electron chi connectivity index (χ0n) is 12.1. The molecule has 100 valence electrons. The summed E-state index contributed by atoms with van der Waals surface area (Å²) in [6.45, 7) is 11.8. The van der Waals surface area contributed by atoms with Gasteiger partial charge in [0.15, 0.2) is 5.78 Å². The van der Waals surface area contributed by atoms with E-state index >= 15 is 0 Å². The second-order valence-corrected chi connectivity index (χ2v) is 6.41. The Morgan fingerprint density at radius 3 is 2.28 bits per heavy atom. The summed E-state index contributed by atoms with van der Waals surface area (Å²) in [5.74, 6) is 1.52. The number of aryl methyl sites for hydroxylation is 2. The van der Waals surface area contributed by atoms with Crippen LogP contribution >= 0.6 is 0 Å². The molecule has 0 spiro atoms. The highest BCUT2D eigenvalue weighted by Crippen LogP contribution is 2.43. The number of ketones is 1. The molecular weight excluding hydrogens is 228 g/mol. The van der Waals surface area contributed by atoms with E-state index in [-0.39, 0.29) is 17.3 Å². The maximum absolute atomic E-state index is 12.6. The van der Waals surface area contributed by atoms with Crippen LogP contribution in [0.5, 0.6) is 0 Å². The number of hydrogen-bond acceptors (Lipinski definition) is 3. The number of hydrogen-bond donors (Lipinski definition) is 0. The molecule has 0 bridgehead atoms. The molecule has 0 aliphatic carbocycles. The van der Waals surface area contributed by atoms with Gasteiger partial charge in [-0.25, -0.2) is 0 Å². The van der Waals surface area contributed by atoms with Crippen molar-refractivity contribution in [3.8, 4) is 0 Å². The van der Waals surface area contributed by atoms with Crippen molar-refractivity contribution in [3.63, 3.8) is 0 Å². The first-order valence-electron chi connectivity index (χ1n) is 6.44. The highest BCUT2D eigenvalue weighted by Gasteiger charge is 2.49. The summed E-state index contributed by atoms with van der Waals surface area (Å²) in [4.78, 5) is 12.6. The monoisotopic (exact) mass is 250 g/mol. The summed E-state index contributed by atoms with van der Waals surface area (Å²) < 4.78 is 11.4. The van der Waals surface area contributed by atoms with E-state index in [1.807, 2.05) is 47.6 Å². The van der Waals surface area contributed by atoms with E-state index in [9.17, 15) is 4.79 Å². The van der Waals surface area contributed by atoms with Crippen LogP contribution in [-0.4, -0.2) is 17.0 Å². The number of ether oxygens (including phenoxy) is 1. The molecule has 1 atom stereocenters. The van der Waals surface area contributed by atoms with E-state index in [0.29, 0.717) is 11.3 Å². The second-order valence-electron chi connectivity index (χ2n) is 6.41. The first kappa shape index (κ1) is 13.3. The first-order chi connectivity index (χ1) is 8.12. The Morgan fingerprint density at radius 2 is 1.89 bits per heavy atom. The van der Waals surface area contributed by atoms with Gasteiger partial charge in [0.2, 0.25) is 0 Å². The topological polar surface area (TPSA) is 39.4 Å². The van der Waals surface area contributed by atoms with Gasteiger partial charge in [-0.1, -0.05) is 0 Å². The molecule has 1 aromatic heterocycles. The van der Waals surface area contributed by atoms with Gasteiger partial charge in [-0.05, 0) is 54.0 Å². The van der Waals surface area contributed by atoms with Crippen LogP contribution in [-0.2, 0) is 4.74 Å². The molecule has 1 saturated heterocycles. The molecule has 1 fully saturated rings. The van der Waals surface area contributed by atoms with Gasteiger partial charge in [0.1, 0.15) is 11.5 Å². The van der Waals surface area contributed by atoms with E-state index in [1.54, 1.807) is 0 Å². The molecule has 0 radical (unpaired) electrons. The molecule has 3 heteroatoms. The van der Waals surface area contributed by atoms with E-state index in [4.69, 9.17) is 9.15 Å². The summed E-state index contributed by atoms with van der Waals surface area (Å²) in [6, 6.07) is 1.83. The van der Waals surface area contributed by atoms with Crippen LogP contribution in [0.2, 0.25) is 0 Å². The SMILES string of the molecule is Cc1cc(C(=O)C2CC(C)(C)OC2(C)C)c(C)o1. The quantitative estimate of drug-likeness (QED) is 0.752. The Hall–Kier alpha value is -1.09. The van der Waals surface area contributed by atoms with Crippen LogP contribution in [0, 0.1) is 19.8 Å². The smallest absolute Gasteiger partial charge is 0.172 e. The maximum Gasteiger partial charge on any atom is 0.172 e. The predicted octanol–water partition coefficient (Wildman–Crippen LogP) is 3.67. The van der Waals surface area contributed by atoms with E-state index in [1.165, 1.54) is 0 Å². The molecule has 18 heavy (non-hydrogen) atoms. The number of rotatable bonds is 2. The van der Waals surface area contributed by atoms with E-state index < -0.39 is 5.60 Å². The van der Waals surface area contributed by atoms with Gasteiger partial charge >= 0.3 is 0 Å². The van der Waals surface area contributed by atoms with Crippen LogP contribution in [0.3, 0.4) is 0 Å². The Balaban J connectivity index is 2.32. The lowest BCUT2D eigenvalue weighted by molar-refractivity contribution is -0.0712. The highest BCUT2D eigenvalue weighted by atomic mass is 16.5. The standard InChI is InChI=1S/C15H22O3/c1-9-7-11(10(2)17-9)13(16)12-8-14(3,4)18-15(12,5)6/h7,12H,8H2,1-6H3. The molecule has 0 N–H and O–H groups in total. The van der Waals surface area contributed by atoms with Crippen molar-refractivity contribution in [3.05, 3.63) is 23.2 Å². The van der Waals surface area contributed by atoms with Gasteiger partial charge in [-0.3, -0.25) is 4.79 Å². The second kappa shape index (κ2) is 3.95. The van der Waals surface area contributed by atoms with Gasteiger partial charge in [0.25, 0.3) is 0 Å². The Morgan fingerprint density at radius 1 is 1.28 bits per heavy atom. The summed E-state index contributed by atoms with van der Waals surface area (Å²) in [5.41, 5.74) is 0.0428. The van der Waals surface area contributed by atoms with Gasteiger partial charge < -0.3 is 9.15 Å².